The van der Waals surface area contributed by atoms with Gasteiger partial charge < -0.3 is 4.74 Å². The fourth-order valence-electron chi connectivity index (χ4n) is 3.02. The van der Waals surface area contributed by atoms with Gasteiger partial charge in [-0.25, -0.2) is 4.98 Å². The number of benzene rings is 3. The summed E-state index contributed by atoms with van der Waals surface area (Å²) in [5.41, 5.74) is 4.79. The molecule has 0 atom stereocenters. The number of carbonyl (C=O) groups is 1. The van der Waals surface area contributed by atoms with Crippen molar-refractivity contribution >= 4 is 22.4 Å². The quantitative estimate of drug-likeness (QED) is 0.454. The smallest absolute Gasteiger partial charge is 0.257 e. The molecule has 0 radical (unpaired) electrons. The van der Waals surface area contributed by atoms with Crippen molar-refractivity contribution in [1.82, 2.24) is 4.98 Å². The lowest BCUT2D eigenvalue weighted by Gasteiger charge is -2.05. The maximum atomic E-state index is 12.6. The zero-order chi connectivity index (χ0) is 20.1. The highest BCUT2D eigenvalue weighted by molar-refractivity contribution is 7.14. The number of hydrogen-bond acceptors (Lipinski definition) is 4. The van der Waals surface area contributed by atoms with Crippen molar-refractivity contribution in [3.63, 3.8) is 0 Å². The van der Waals surface area contributed by atoms with Crippen LogP contribution in [-0.2, 0) is 6.42 Å². The summed E-state index contributed by atoms with van der Waals surface area (Å²) in [6, 6.07) is 25.7. The predicted molar refractivity (Wildman–Crippen MR) is 118 cm³/mol. The number of hydrogen-bond donors (Lipinski definition) is 1. The maximum absolute atomic E-state index is 12.6. The van der Waals surface area contributed by atoms with Gasteiger partial charge in [0, 0.05) is 16.5 Å². The number of amides is 1. The minimum absolute atomic E-state index is 0.164. The van der Waals surface area contributed by atoms with E-state index in [1.54, 1.807) is 7.11 Å². The summed E-state index contributed by atoms with van der Waals surface area (Å²) in [7, 11) is 1.64. The van der Waals surface area contributed by atoms with E-state index < -0.39 is 0 Å². The molecule has 0 unspecified atom stereocenters. The number of anilines is 1. The zero-order valence-corrected chi connectivity index (χ0v) is 16.8. The fourth-order valence-corrected chi connectivity index (χ4v) is 3.74. The highest BCUT2D eigenvalue weighted by Gasteiger charge is 2.11. The van der Waals surface area contributed by atoms with E-state index in [0.29, 0.717) is 10.7 Å². The van der Waals surface area contributed by atoms with Crippen LogP contribution in [-0.4, -0.2) is 18.0 Å². The first kappa shape index (κ1) is 18.9. The number of rotatable bonds is 6. The molecule has 1 heterocycles. The van der Waals surface area contributed by atoms with Crippen molar-refractivity contribution in [2.45, 2.75) is 6.42 Å². The molecule has 0 aliphatic carbocycles. The summed E-state index contributed by atoms with van der Waals surface area (Å²) in [6.45, 7) is 0. The summed E-state index contributed by atoms with van der Waals surface area (Å²) in [6.07, 6.45) is 0.846. The van der Waals surface area contributed by atoms with E-state index >= 15 is 0 Å². The number of nitrogens with zero attached hydrogens (tertiary/aromatic N) is 1. The maximum Gasteiger partial charge on any atom is 0.257 e. The van der Waals surface area contributed by atoms with Gasteiger partial charge >= 0.3 is 0 Å². The third kappa shape index (κ3) is 4.70. The zero-order valence-electron chi connectivity index (χ0n) is 16.0. The third-order valence-electron chi connectivity index (χ3n) is 4.56. The first-order chi connectivity index (χ1) is 14.2. The number of nitrogens with one attached hydrogen (secondary N) is 1. The summed E-state index contributed by atoms with van der Waals surface area (Å²) in [5.74, 6) is 0.611. The molecule has 29 heavy (non-hydrogen) atoms. The Kier molecular flexibility index (Phi) is 5.68. The fraction of sp³-hybridized carbons (Fsp3) is 0.0833. The van der Waals surface area contributed by atoms with E-state index in [-0.39, 0.29) is 5.91 Å². The van der Waals surface area contributed by atoms with Crippen LogP contribution in [0.3, 0.4) is 0 Å². The largest absolute Gasteiger partial charge is 0.497 e. The Balaban J connectivity index is 1.42. The molecule has 0 fully saturated rings. The van der Waals surface area contributed by atoms with Crippen LogP contribution >= 0.6 is 11.3 Å². The molecule has 0 spiro atoms. The minimum Gasteiger partial charge on any atom is -0.497 e. The van der Waals surface area contributed by atoms with Gasteiger partial charge in [0.15, 0.2) is 5.13 Å². The first-order valence-electron chi connectivity index (χ1n) is 9.25. The molecule has 1 aromatic heterocycles. The highest BCUT2D eigenvalue weighted by atomic mass is 32.1. The summed E-state index contributed by atoms with van der Waals surface area (Å²) in [4.78, 5) is 17.1. The van der Waals surface area contributed by atoms with E-state index in [2.05, 4.69) is 22.4 Å². The standard InChI is InChI=1S/C24H20N2O2S/c1-28-21-9-5-8-20(15-21)22-16-29-24(25-22)26-23(27)19-12-10-18(11-13-19)14-17-6-3-2-4-7-17/h2-13,15-16H,14H2,1H3,(H,25,26,27). The number of carbonyl (C=O) groups excluding carboxylic acids is 1. The lowest BCUT2D eigenvalue weighted by molar-refractivity contribution is 0.102. The number of aromatic nitrogens is 1. The number of thiazole rings is 1. The van der Waals surface area contributed by atoms with Gasteiger partial charge in [0.2, 0.25) is 0 Å². The number of methoxy groups -OCH3 is 1. The normalized spacial score (nSPS) is 10.5. The van der Waals surface area contributed by atoms with Crippen molar-refractivity contribution in [2.24, 2.45) is 0 Å². The lowest BCUT2D eigenvalue weighted by Crippen LogP contribution is -2.11. The van der Waals surface area contributed by atoms with Gasteiger partial charge in [0.25, 0.3) is 5.91 Å². The van der Waals surface area contributed by atoms with Gasteiger partial charge in [-0.05, 0) is 41.8 Å². The molecule has 0 aliphatic heterocycles. The van der Waals surface area contributed by atoms with Crippen LogP contribution in [0, 0.1) is 0 Å². The van der Waals surface area contributed by atoms with Gasteiger partial charge in [0.1, 0.15) is 5.75 Å². The van der Waals surface area contributed by atoms with Crippen LogP contribution < -0.4 is 10.1 Å². The van der Waals surface area contributed by atoms with Gasteiger partial charge in [-0.15, -0.1) is 11.3 Å². The van der Waals surface area contributed by atoms with Crippen molar-refractivity contribution in [3.05, 3.63) is 101 Å². The van der Waals surface area contributed by atoms with Crippen molar-refractivity contribution in [2.75, 3.05) is 12.4 Å². The molecule has 0 bridgehead atoms. The van der Waals surface area contributed by atoms with Crippen LogP contribution in [0.15, 0.2) is 84.2 Å². The van der Waals surface area contributed by atoms with Crippen LogP contribution in [0.4, 0.5) is 5.13 Å². The lowest BCUT2D eigenvalue weighted by atomic mass is 10.0. The second-order valence-corrected chi connectivity index (χ2v) is 7.44. The van der Waals surface area contributed by atoms with E-state index in [0.717, 1.165) is 23.4 Å². The summed E-state index contributed by atoms with van der Waals surface area (Å²) >= 11 is 1.40. The van der Waals surface area contributed by atoms with E-state index in [4.69, 9.17) is 4.74 Å². The molecule has 3 aromatic carbocycles. The Labute approximate surface area is 173 Å². The molecule has 0 saturated heterocycles. The van der Waals surface area contributed by atoms with Crippen molar-refractivity contribution < 1.29 is 9.53 Å². The highest BCUT2D eigenvalue weighted by Crippen LogP contribution is 2.27. The van der Waals surface area contributed by atoms with Gasteiger partial charge in [0.05, 0.1) is 12.8 Å². The van der Waals surface area contributed by atoms with Crippen LogP contribution in [0.25, 0.3) is 11.3 Å². The summed E-state index contributed by atoms with van der Waals surface area (Å²) in [5, 5.41) is 5.38. The van der Waals surface area contributed by atoms with Crippen LogP contribution in [0.2, 0.25) is 0 Å². The van der Waals surface area contributed by atoms with E-state index in [1.807, 2.05) is 72.1 Å². The van der Waals surface area contributed by atoms with Crippen LogP contribution in [0.1, 0.15) is 21.5 Å². The topological polar surface area (TPSA) is 51.2 Å². The molecule has 4 aromatic rings. The average Bonchev–Trinajstić information content (AvgIpc) is 3.23. The molecule has 4 rings (SSSR count). The van der Waals surface area contributed by atoms with Gasteiger partial charge in [-0.3, -0.25) is 10.1 Å². The van der Waals surface area contributed by atoms with E-state index in [1.165, 1.54) is 22.5 Å². The van der Waals surface area contributed by atoms with E-state index in [9.17, 15) is 4.79 Å². The number of ether oxygens (including phenoxy) is 1. The molecular formula is C24H20N2O2S. The average molecular weight is 401 g/mol. The molecule has 0 saturated carbocycles. The van der Waals surface area contributed by atoms with Gasteiger partial charge in [-0.1, -0.05) is 54.6 Å². The second-order valence-electron chi connectivity index (χ2n) is 6.58. The Hall–Kier alpha value is -3.44. The Morgan fingerprint density at radius 1 is 0.966 bits per heavy atom. The second kappa shape index (κ2) is 8.71. The van der Waals surface area contributed by atoms with Gasteiger partial charge in [-0.2, -0.15) is 0 Å². The SMILES string of the molecule is COc1cccc(-c2csc(NC(=O)c3ccc(Cc4ccccc4)cc3)n2)c1. The third-order valence-corrected chi connectivity index (χ3v) is 5.32. The predicted octanol–water partition coefficient (Wildman–Crippen LogP) is 5.66. The van der Waals surface area contributed by atoms with Crippen LogP contribution in [0.5, 0.6) is 5.75 Å². The molecular weight excluding hydrogens is 380 g/mol. The Bertz CT molecular complexity index is 1110. The minimum atomic E-state index is -0.164. The van der Waals surface area contributed by atoms with Crippen molar-refractivity contribution in [1.29, 1.82) is 0 Å². The molecule has 0 aliphatic rings. The Morgan fingerprint density at radius 3 is 2.48 bits per heavy atom. The molecule has 144 valence electrons. The summed E-state index contributed by atoms with van der Waals surface area (Å²) < 4.78 is 5.26. The molecule has 5 heteroatoms. The van der Waals surface area contributed by atoms with Crippen molar-refractivity contribution in [3.8, 4) is 17.0 Å². The molecule has 4 nitrogen and oxygen atoms in total. The Morgan fingerprint density at radius 2 is 1.72 bits per heavy atom. The molecule has 1 N–H and O–H groups in total. The molecule has 1 amide bonds. The first-order valence-corrected chi connectivity index (χ1v) is 10.1. The monoisotopic (exact) mass is 400 g/mol.